The molecule has 5 heteroatoms. The number of rotatable bonds is 4. The average Bonchev–Trinajstić information content (AvgIpc) is 2.42. The molecule has 0 atom stereocenters. The molecular weight excluding hydrogens is 263 g/mol. The van der Waals surface area contributed by atoms with Crippen LogP contribution in [0.2, 0.25) is 0 Å². The molecule has 0 aliphatic carbocycles. The first-order valence-electron chi connectivity index (χ1n) is 5.85. The normalized spacial score (nSPS) is 10.2. The number of amides is 1. The number of anilines is 1. The van der Waals surface area contributed by atoms with Gasteiger partial charge in [0.05, 0.1) is 10.6 Å². The molecule has 0 fully saturated rings. The molecule has 0 aliphatic rings. The van der Waals surface area contributed by atoms with Crippen molar-refractivity contribution in [3.05, 3.63) is 54.0 Å². The van der Waals surface area contributed by atoms with Crippen LogP contribution in [0.3, 0.4) is 0 Å². The van der Waals surface area contributed by atoms with Gasteiger partial charge in [0.1, 0.15) is 5.82 Å². The summed E-state index contributed by atoms with van der Waals surface area (Å²) in [4.78, 5) is 16.1. The van der Waals surface area contributed by atoms with Gasteiger partial charge >= 0.3 is 0 Å². The summed E-state index contributed by atoms with van der Waals surface area (Å²) in [6.07, 6.45) is 1.54. The minimum absolute atomic E-state index is 0.257. The van der Waals surface area contributed by atoms with Crippen LogP contribution in [0.25, 0.3) is 0 Å². The number of hydrogen-bond acceptors (Lipinski definition) is 3. The standard InChI is InChI=1S/C14H13FN2OS/c1-2-19-13-8-3-10(9-16-13)14(18)17-12-6-4-11(15)5-7-12/h3-9H,2H2,1H3,(H,17,18). The molecule has 0 unspecified atom stereocenters. The predicted octanol–water partition coefficient (Wildman–Crippen LogP) is 3.59. The highest BCUT2D eigenvalue weighted by atomic mass is 32.2. The molecule has 2 aromatic rings. The minimum Gasteiger partial charge on any atom is -0.322 e. The number of thioether (sulfide) groups is 1. The van der Waals surface area contributed by atoms with Crippen LogP contribution in [0.1, 0.15) is 17.3 Å². The molecule has 1 heterocycles. The van der Waals surface area contributed by atoms with E-state index in [4.69, 9.17) is 0 Å². The van der Waals surface area contributed by atoms with Gasteiger partial charge in [-0.2, -0.15) is 0 Å². The third-order valence-electron chi connectivity index (χ3n) is 2.39. The van der Waals surface area contributed by atoms with Crippen LogP contribution >= 0.6 is 11.8 Å². The van der Waals surface area contributed by atoms with Crippen LogP contribution in [0.4, 0.5) is 10.1 Å². The monoisotopic (exact) mass is 276 g/mol. The van der Waals surface area contributed by atoms with Gasteiger partial charge in [-0.25, -0.2) is 9.37 Å². The Hall–Kier alpha value is -1.88. The number of benzene rings is 1. The number of carbonyl (C=O) groups excluding carboxylic acids is 1. The molecule has 1 amide bonds. The van der Waals surface area contributed by atoms with Crippen molar-refractivity contribution >= 4 is 23.4 Å². The van der Waals surface area contributed by atoms with Crippen molar-refractivity contribution in [2.45, 2.75) is 11.9 Å². The van der Waals surface area contributed by atoms with E-state index in [1.807, 2.05) is 13.0 Å². The zero-order valence-corrected chi connectivity index (χ0v) is 11.2. The quantitative estimate of drug-likeness (QED) is 0.868. The molecule has 3 nitrogen and oxygen atoms in total. The topological polar surface area (TPSA) is 42.0 Å². The van der Waals surface area contributed by atoms with Gasteiger partial charge in [-0.1, -0.05) is 6.92 Å². The van der Waals surface area contributed by atoms with Crippen LogP contribution < -0.4 is 5.32 Å². The zero-order valence-electron chi connectivity index (χ0n) is 10.4. The van der Waals surface area contributed by atoms with E-state index in [0.717, 1.165) is 10.8 Å². The predicted molar refractivity (Wildman–Crippen MR) is 75.0 cm³/mol. The lowest BCUT2D eigenvalue weighted by Gasteiger charge is -2.05. The fourth-order valence-corrected chi connectivity index (χ4v) is 2.07. The second-order valence-corrected chi connectivity index (χ2v) is 5.06. The number of nitrogens with zero attached hydrogens (tertiary/aromatic N) is 1. The second kappa shape index (κ2) is 6.33. The number of hydrogen-bond donors (Lipinski definition) is 1. The molecule has 0 saturated heterocycles. The lowest BCUT2D eigenvalue weighted by molar-refractivity contribution is 0.102. The van der Waals surface area contributed by atoms with Gasteiger partial charge in [0, 0.05) is 11.9 Å². The van der Waals surface area contributed by atoms with E-state index in [1.165, 1.54) is 30.5 Å². The van der Waals surface area contributed by atoms with E-state index in [-0.39, 0.29) is 11.7 Å². The highest BCUT2D eigenvalue weighted by Gasteiger charge is 2.06. The van der Waals surface area contributed by atoms with E-state index < -0.39 is 0 Å². The fraction of sp³-hybridized carbons (Fsp3) is 0.143. The van der Waals surface area contributed by atoms with Crippen molar-refractivity contribution in [2.24, 2.45) is 0 Å². The van der Waals surface area contributed by atoms with Crippen LogP contribution in [0, 0.1) is 5.82 Å². The summed E-state index contributed by atoms with van der Waals surface area (Å²) in [5, 5.41) is 3.57. The summed E-state index contributed by atoms with van der Waals surface area (Å²) in [6.45, 7) is 2.04. The highest BCUT2D eigenvalue weighted by Crippen LogP contribution is 2.15. The molecule has 98 valence electrons. The highest BCUT2D eigenvalue weighted by molar-refractivity contribution is 7.99. The maximum Gasteiger partial charge on any atom is 0.257 e. The molecule has 0 bridgehead atoms. The minimum atomic E-state index is -0.333. The molecule has 0 radical (unpaired) electrons. The van der Waals surface area contributed by atoms with Crippen molar-refractivity contribution in [1.82, 2.24) is 4.98 Å². The van der Waals surface area contributed by atoms with Gasteiger partial charge in [-0.15, -0.1) is 11.8 Å². The van der Waals surface area contributed by atoms with Gasteiger partial charge in [0.15, 0.2) is 0 Å². The van der Waals surface area contributed by atoms with Crippen LogP contribution in [-0.4, -0.2) is 16.6 Å². The van der Waals surface area contributed by atoms with Gasteiger partial charge in [0.25, 0.3) is 5.91 Å². The molecule has 1 aromatic heterocycles. The fourth-order valence-electron chi connectivity index (χ4n) is 1.48. The number of carbonyl (C=O) groups is 1. The average molecular weight is 276 g/mol. The van der Waals surface area contributed by atoms with E-state index in [0.29, 0.717) is 11.3 Å². The summed E-state index contributed by atoms with van der Waals surface area (Å²) >= 11 is 1.62. The SMILES string of the molecule is CCSc1ccc(C(=O)Nc2ccc(F)cc2)cn1. The number of halogens is 1. The van der Waals surface area contributed by atoms with Crippen molar-refractivity contribution in [1.29, 1.82) is 0 Å². The maximum atomic E-state index is 12.7. The first-order chi connectivity index (χ1) is 9.19. The second-order valence-electron chi connectivity index (χ2n) is 3.78. The molecule has 0 spiro atoms. The van der Waals surface area contributed by atoms with E-state index in [1.54, 1.807) is 17.8 Å². The Kier molecular flexibility index (Phi) is 4.52. The Bertz CT molecular complexity index is 555. The summed E-state index contributed by atoms with van der Waals surface area (Å²) in [5.74, 6) is 0.349. The molecule has 19 heavy (non-hydrogen) atoms. The van der Waals surface area contributed by atoms with Crippen molar-refractivity contribution < 1.29 is 9.18 Å². The number of pyridine rings is 1. The van der Waals surface area contributed by atoms with Gasteiger partial charge in [0.2, 0.25) is 0 Å². The third kappa shape index (κ3) is 3.79. The molecule has 1 N–H and O–H groups in total. The summed E-state index contributed by atoms with van der Waals surface area (Å²) < 4.78 is 12.7. The Balaban J connectivity index is 2.05. The molecule has 0 aliphatic heterocycles. The Morgan fingerprint density at radius 2 is 2.00 bits per heavy atom. The Morgan fingerprint density at radius 3 is 2.58 bits per heavy atom. The Morgan fingerprint density at radius 1 is 1.26 bits per heavy atom. The smallest absolute Gasteiger partial charge is 0.257 e. The Labute approximate surface area is 115 Å². The first-order valence-corrected chi connectivity index (χ1v) is 6.83. The molecule has 2 rings (SSSR count). The molecular formula is C14H13FN2OS. The van der Waals surface area contributed by atoms with Crippen molar-refractivity contribution in [3.63, 3.8) is 0 Å². The van der Waals surface area contributed by atoms with E-state index in [9.17, 15) is 9.18 Å². The molecule has 1 aromatic carbocycles. The van der Waals surface area contributed by atoms with E-state index >= 15 is 0 Å². The van der Waals surface area contributed by atoms with Gasteiger partial charge < -0.3 is 5.32 Å². The van der Waals surface area contributed by atoms with Crippen LogP contribution in [0.15, 0.2) is 47.6 Å². The van der Waals surface area contributed by atoms with Gasteiger partial charge in [-0.3, -0.25) is 4.79 Å². The van der Waals surface area contributed by atoms with Crippen molar-refractivity contribution in [2.75, 3.05) is 11.1 Å². The van der Waals surface area contributed by atoms with Crippen molar-refractivity contribution in [3.8, 4) is 0 Å². The third-order valence-corrected chi connectivity index (χ3v) is 3.22. The van der Waals surface area contributed by atoms with Crippen LogP contribution in [0.5, 0.6) is 0 Å². The first kappa shape index (κ1) is 13.5. The summed E-state index contributed by atoms with van der Waals surface area (Å²) in [7, 11) is 0. The van der Waals surface area contributed by atoms with Crippen LogP contribution in [-0.2, 0) is 0 Å². The number of aromatic nitrogens is 1. The lowest BCUT2D eigenvalue weighted by Crippen LogP contribution is -2.12. The largest absolute Gasteiger partial charge is 0.322 e. The zero-order chi connectivity index (χ0) is 13.7. The summed E-state index contributed by atoms with van der Waals surface area (Å²) in [5.41, 5.74) is 1.03. The number of nitrogens with one attached hydrogen (secondary N) is 1. The van der Waals surface area contributed by atoms with Gasteiger partial charge in [-0.05, 0) is 42.2 Å². The summed E-state index contributed by atoms with van der Waals surface area (Å²) in [6, 6.07) is 9.17. The van der Waals surface area contributed by atoms with E-state index in [2.05, 4.69) is 10.3 Å². The maximum absolute atomic E-state index is 12.7. The lowest BCUT2D eigenvalue weighted by atomic mass is 10.2. The molecule has 0 saturated carbocycles.